The van der Waals surface area contributed by atoms with Gasteiger partial charge in [-0.3, -0.25) is 9.48 Å². The first-order valence-corrected chi connectivity index (χ1v) is 7.76. The number of halogens is 2. The van der Waals surface area contributed by atoms with Crippen LogP contribution in [0.4, 0.5) is 0 Å². The van der Waals surface area contributed by atoms with Gasteiger partial charge in [0.25, 0.3) is 0 Å². The molecule has 1 aromatic carbocycles. The number of hydrogen-bond donors (Lipinski definition) is 0. The van der Waals surface area contributed by atoms with Gasteiger partial charge in [0.05, 0.1) is 22.8 Å². The number of carbonyl (C=O) groups excluding carboxylic acids is 1. The van der Waals surface area contributed by atoms with Gasteiger partial charge < -0.3 is 0 Å². The normalized spacial score (nSPS) is 10.9. The summed E-state index contributed by atoms with van der Waals surface area (Å²) in [5, 5.41) is 5.64. The predicted octanol–water partition coefficient (Wildman–Crippen LogP) is 4.51. The number of benzene rings is 1. The van der Waals surface area contributed by atoms with Gasteiger partial charge in [-0.2, -0.15) is 5.10 Å². The molecular weight excluding hydrogens is 307 g/mol. The first-order chi connectivity index (χ1) is 9.97. The monoisotopic (exact) mass is 324 g/mol. The largest absolute Gasteiger partial charge is 0.294 e. The maximum absolute atomic E-state index is 12.4. The second-order valence-electron chi connectivity index (χ2n) is 4.94. The molecule has 0 atom stereocenters. The third-order valence-electron chi connectivity index (χ3n) is 3.52. The van der Waals surface area contributed by atoms with Crippen molar-refractivity contribution in [3.05, 3.63) is 50.8 Å². The van der Waals surface area contributed by atoms with Crippen LogP contribution in [0.2, 0.25) is 10.0 Å². The van der Waals surface area contributed by atoms with E-state index in [1.54, 1.807) is 16.8 Å². The number of aromatic nitrogens is 2. The summed E-state index contributed by atoms with van der Waals surface area (Å²) < 4.78 is 1.80. The molecule has 5 heteroatoms. The standard InChI is InChI=1S/C16H18Cl2N2O/c1-4-13-16(18)14(20(5-2)19-13)9-15(21)11-7-6-10(3)12(17)8-11/h6-8H,4-5,9H2,1-3H3. The van der Waals surface area contributed by atoms with E-state index in [1.165, 1.54) is 0 Å². The zero-order chi connectivity index (χ0) is 15.6. The Morgan fingerprint density at radius 2 is 2.00 bits per heavy atom. The summed E-state index contributed by atoms with van der Waals surface area (Å²) in [6, 6.07) is 5.36. The molecule has 21 heavy (non-hydrogen) atoms. The van der Waals surface area contributed by atoms with Crippen molar-refractivity contribution in [3.8, 4) is 0 Å². The van der Waals surface area contributed by atoms with Gasteiger partial charge in [-0.1, -0.05) is 42.3 Å². The van der Waals surface area contributed by atoms with Gasteiger partial charge in [-0.25, -0.2) is 0 Å². The molecule has 0 saturated heterocycles. The number of hydrogen-bond acceptors (Lipinski definition) is 2. The highest BCUT2D eigenvalue weighted by molar-refractivity contribution is 6.32. The molecule has 0 aliphatic carbocycles. The van der Waals surface area contributed by atoms with Gasteiger partial charge >= 0.3 is 0 Å². The van der Waals surface area contributed by atoms with Crippen molar-refractivity contribution in [1.82, 2.24) is 9.78 Å². The van der Waals surface area contributed by atoms with Crippen LogP contribution in [-0.2, 0) is 19.4 Å². The van der Waals surface area contributed by atoms with E-state index >= 15 is 0 Å². The molecule has 0 unspecified atom stereocenters. The Bertz CT molecular complexity index is 677. The van der Waals surface area contributed by atoms with Crippen molar-refractivity contribution in [1.29, 1.82) is 0 Å². The average Bonchev–Trinajstić information content (AvgIpc) is 2.78. The van der Waals surface area contributed by atoms with Crippen LogP contribution in [0.1, 0.15) is 41.2 Å². The Labute approximate surface area is 134 Å². The van der Waals surface area contributed by atoms with E-state index in [1.807, 2.05) is 26.8 Å². The fourth-order valence-electron chi connectivity index (χ4n) is 2.21. The van der Waals surface area contributed by atoms with E-state index in [0.717, 1.165) is 23.4 Å². The lowest BCUT2D eigenvalue weighted by molar-refractivity contribution is 0.0990. The van der Waals surface area contributed by atoms with Crippen LogP contribution in [0.3, 0.4) is 0 Å². The molecule has 0 bridgehead atoms. The van der Waals surface area contributed by atoms with Gasteiger partial charge in [0.1, 0.15) is 0 Å². The Balaban J connectivity index is 2.31. The smallest absolute Gasteiger partial charge is 0.168 e. The quantitative estimate of drug-likeness (QED) is 0.758. The van der Waals surface area contributed by atoms with Crippen LogP contribution in [0, 0.1) is 6.92 Å². The Morgan fingerprint density at radius 3 is 2.57 bits per heavy atom. The highest BCUT2D eigenvalue weighted by Gasteiger charge is 2.18. The molecule has 0 saturated carbocycles. The molecule has 0 fully saturated rings. The molecule has 0 aliphatic heterocycles. The maximum Gasteiger partial charge on any atom is 0.168 e. The molecule has 0 spiro atoms. The molecule has 1 aromatic heterocycles. The fourth-order valence-corrected chi connectivity index (χ4v) is 2.72. The first kappa shape index (κ1) is 16.1. The lowest BCUT2D eigenvalue weighted by atomic mass is 10.0. The topological polar surface area (TPSA) is 34.9 Å². The van der Waals surface area contributed by atoms with E-state index < -0.39 is 0 Å². The zero-order valence-corrected chi connectivity index (χ0v) is 13.9. The Hall–Kier alpha value is -1.32. The van der Waals surface area contributed by atoms with Gasteiger partial charge in [0, 0.05) is 17.1 Å². The summed E-state index contributed by atoms with van der Waals surface area (Å²) in [6.07, 6.45) is 0.989. The third-order valence-corrected chi connectivity index (χ3v) is 4.36. The molecule has 0 amide bonds. The Kier molecular flexibility index (Phi) is 5.07. The highest BCUT2D eigenvalue weighted by atomic mass is 35.5. The minimum absolute atomic E-state index is 0.00365. The SMILES string of the molecule is CCc1nn(CC)c(CC(=O)c2ccc(C)c(Cl)c2)c1Cl. The summed E-state index contributed by atoms with van der Waals surface area (Å²) in [6.45, 7) is 6.59. The number of Topliss-reactive ketones (excluding diaryl/α,β-unsaturated/α-hetero) is 1. The van der Waals surface area contributed by atoms with Gasteiger partial charge in [-0.05, 0) is 31.9 Å². The van der Waals surface area contributed by atoms with Crippen molar-refractivity contribution in [3.63, 3.8) is 0 Å². The summed E-state index contributed by atoms with van der Waals surface area (Å²) in [5.74, 6) is -0.00365. The van der Waals surface area contributed by atoms with Gasteiger partial charge in [0.15, 0.2) is 5.78 Å². The first-order valence-electron chi connectivity index (χ1n) is 7.01. The molecule has 112 valence electrons. The average molecular weight is 325 g/mol. The van der Waals surface area contributed by atoms with E-state index in [0.29, 0.717) is 22.2 Å². The van der Waals surface area contributed by atoms with Crippen molar-refractivity contribution in [2.75, 3.05) is 0 Å². The molecule has 0 radical (unpaired) electrons. The molecule has 2 rings (SSSR count). The lowest BCUT2D eigenvalue weighted by Gasteiger charge is -2.06. The van der Waals surface area contributed by atoms with Crippen molar-refractivity contribution < 1.29 is 4.79 Å². The summed E-state index contributed by atoms with van der Waals surface area (Å²) in [5.41, 5.74) is 3.17. The van der Waals surface area contributed by atoms with Crippen LogP contribution in [-0.4, -0.2) is 15.6 Å². The van der Waals surface area contributed by atoms with E-state index in [2.05, 4.69) is 5.10 Å². The van der Waals surface area contributed by atoms with Crippen LogP contribution in [0.15, 0.2) is 18.2 Å². The van der Waals surface area contributed by atoms with Gasteiger partial charge in [0.2, 0.25) is 0 Å². The van der Waals surface area contributed by atoms with E-state index in [9.17, 15) is 4.79 Å². The second-order valence-corrected chi connectivity index (χ2v) is 5.73. The minimum Gasteiger partial charge on any atom is -0.294 e. The number of nitrogens with zero attached hydrogens (tertiary/aromatic N) is 2. The molecule has 2 aromatic rings. The molecule has 1 heterocycles. The maximum atomic E-state index is 12.4. The van der Waals surface area contributed by atoms with Crippen LogP contribution in [0.25, 0.3) is 0 Å². The lowest BCUT2D eigenvalue weighted by Crippen LogP contribution is -2.10. The molecule has 3 nitrogen and oxygen atoms in total. The molecule has 0 aliphatic rings. The van der Waals surface area contributed by atoms with E-state index in [-0.39, 0.29) is 12.2 Å². The summed E-state index contributed by atoms with van der Waals surface area (Å²) >= 11 is 12.4. The predicted molar refractivity (Wildman–Crippen MR) is 86.5 cm³/mol. The van der Waals surface area contributed by atoms with Crippen molar-refractivity contribution >= 4 is 29.0 Å². The van der Waals surface area contributed by atoms with Crippen molar-refractivity contribution in [2.24, 2.45) is 0 Å². The molecule has 0 N–H and O–H groups in total. The zero-order valence-electron chi connectivity index (χ0n) is 12.4. The van der Waals surface area contributed by atoms with Crippen LogP contribution < -0.4 is 0 Å². The van der Waals surface area contributed by atoms with Gasteiger partial charge in [-0.15, -0.1) is 0 Å². The highest BCUT2D eigenvalue weighted by Crippen LogP contribution is 2.24. The van der Waals surface area contributed by atoms with Crippen LogP contribution in [0.5, 0.6) is 0 Å². The summed E-state index contributed by atoms with van der Waals surface area (Å²) in [4.78, 5) is 12.4. The van der Waals surface area contributed by atoms with Crippen LogP contribution >= 0.6 is 23.2 Å². The number of carbonyl (C=O) groups is 1. The fraction of sp³-hybridized carbons (Fsp3) is 0.375. The van der Waals surface area contributed by atoms with Crippen molar-refractivity contribution in [2.45, 2.75) is 40.2 Å². The van der Waals surface area contributed by atoms with E-state index in [4.69, 9.17) is 23.2 Å². The number of rotatable bonds is 5. The third kappa shape index (κ3) is 3.30. The number of aryl methyl sites for hydroxylation is 3. The second kappa shape index (κ2) is 6.63. The Morgan fingerprint density at radius 1 is 1.29 bits per heavy atom. The summed E-state index contributed by atoms with van der Waals surface area (Å²) in [7, 11) is 0. The molecular formula is C16H18Cl2N2O. The minimum atomic E-state index is -0.00365. The number of ketones is 1.